The lowest BCUT2D eigenvalue weighted by atomic mass is 10.1. The van der Waals surface area contributed by atoms with Crippen LogP contribution in [0.2, 0.25) is 0 Å². The Morgan fingerprint density at radius 3 is 3.08 bits per heavy atom. The molecule has 0 aliphatic carbocycles. The maximum absolute atomic E-state index is 10.2. The maximum atomic E-state index is 10.2. The summed E-state index contributed by atoms with van der Waals surface area (Å²) in [4.78, 5) is 14.4. The fourth-order valence-corrected chi connectivity index (χ4v) is 1.08. The third-order valence-electron chi connectivity index (χ3n) is 1.84. The zero-order valence-corrected chi connectivity index (χ0v) is 7.16. The van der Waals surface area contributed by atoms with Crippen LogP contribution in [0.25, 0.3) is 0 Å². The quantitative estimate of drug-likeness (QED) is 0.694. The second-order valence-electron chi connectivity index (χ2n) is 3.04. The van der Waals surface area contributed by atoms with E-state index in [1.807, 2.05) is 6.92 Å². The van der Waals surface area contributed by atoms with Crippen LogP contribution in [-0.2, 0) is 4.79 Å². The summed E-state index contributed by atoms with van der Waals surface area (Å²) in [6.07, 6.45) is 5.60. The van der Waals surface area contributed by atoms with Crippen molar-refractivity contribution in [1.82, 2.24) is 0 Å². The molecule has 1 heterocycles. The first kappa shape index (κ1) is 8.97. The van der Waals surface area contributed by atoms with E-state index in [2.05, 4.69) is 11.1 Å². The number of dihydropyridines is 1. The van der Waals surface area contributed by atoms with E-state index in [1.54, 1.807) is 6.21 Å². The van der Waals surface area contributed by atoms with Gasteiger partial charge in [-0.3, -0.25) is 9.79 Å². The Bertz CT molecular complexity index is 231. The first-order valence-electron chi connectivity index (χ1n) is 4.12. The van der Waals surface area contributed by atoms with Gasteiger partial charge in [0.05, 0.1) is 6.04 Å². The largest absolute Gasteiger partial charge is 0.481 e. The van der Waals surface area contributed by atoms with Gasteiger partial charge in [0.2, 0.25) is 0 Å². The molecule has 0 fully saturated rings. The molecule has 1 atom stereocenters. The van der Waals surface area contributed by atoms with E-state index in [4.69, 9.17) is 5.11 Å². The van der Waals surface area contributed by atoms with Crippen molar-refractivity contribution in [2.75, 3.05) is 0 Å². The summed E-state index contributed by atoms with van der Waals surface area (Å²) < 4.78 is 0. The minimum Gasteiger partial charge on any atom is -0.481 e. The van der Waals surface area contributed by atoms with Crippen LogP contribution < -0.4 is 0 Å². The van der Waals surface area contributed by atoms with Gasteiger partial charge < -0.3 is 5.11 Å². The van der Waals surface area contributed by atoms with Crippen LogP contribution in [0.15, 0.2) is 16.6 Å². The van der Waals surface area contributed by atoms with Crippen molar-refractivity contribution >= 4 is 12.2 Å². The molecule has 0 saturated carbocycles. The molecule has 0 aromatic heterocycles. The van der Waals surface area contributed by atoms with Crippen LogP contribution in [0.3, 0.4) is 0 Å². The topological polar surface area (TPSA) is 49.7 Å². The van der Waals surface area contributed by atoms with E-state index in [0.717, 1.165) is 12.0 Å². The molecule has 0 saturated heterocycles. The second-order valence-corrected chi connectivity index (χ2v) is 3.04. The molecule has 12 heavy (non-hydrogen) atoms. The summed E-state index contributed by atoms with van der Waals surface area (Å²) >= 11 is 0. The van der Waals surface area contributed by atoms with E-state index in [1.165, 1.54) is 0 Å². The Morgan fingerprint density at radius 1 is 1.83 bits per heavy atom. The van der Waals surface area contributed by atoms with E-state index < -0.39 is 5.97 Å². The molecule has 0 spiro atoms. The molecule has 66 valence electrons. The molecule has 1 rings (SSSR count). The number of aliphatic carboxylic acids is 1. The highest BCUT2D eigenvalue weighted by atomic mass is 16.4. The van der Waals surface area contributed by atoms with Crippen LogP contribution in [0.1, 0.15) is 26.2 Å². The molecule has 1 aliphatic heterocycles. The standard InChI is InChI=1S/C9H13NO2/c1-7-2-3-8(6-10-7)4-5-9(11)12/h3,6-7H,2,4-5H2,1H3,(H,11,12). The highest BCUT2D eigenvalue weighted by Crippen LogP contribution is 2.12. The Labute approximate surface area is 71.8 Å². The Kier molecular flexibility index (Phi) is 3.02. The lowest BCUT2D eigenvalue weighted by Crippen LogP contribution is -2.05. The Balaban J connectivity index is 2.35. The minimum atomic E-state index is -0.747. The van der Waals surface area contributed by atoms with Crippen LogP contribution in [0.4, 0.5) is 0 Å². The monoisotopic (exact) mass is 167 g/mol. The van der Waals surface area contributed by atoms with Crippen LogP contribution in [-0.4, -0.2) is 23.3 Å². The van der Waals surface area contributed by atoms with Crippen molar-refractivity contribution in [2.24, 2.45) is 4.99 Å². The molecule has 0 radical (unpaired) electrons. The normalized spacial score (nSPS) is 22.1. The zero-order chi connectivity index (χ0) is 8.97. The van der Waals surface area contributed by atoms with Crippen LogP contribution in [0, 0.1) is 0 Å². The molecule has 0 aromatic rings. The molecular formula is C9H13NO2. The average Bonchev–Trinajstić information content (AvgIpc) is 2.03. The molecule has 0 aromatic carbocycles. The fourth-order valence-electron chi connectivity index (χ4n) is 1.08. The van der Waals surface area contributed by atoms with Gasteiger partial charge in [-0.25, -0.2) is 0 Å². The fraction of sp³-hybridized carbons (Fsp3) is 0.556. The highest BCUT2D eigenvalue weighted by molar-refractivity contribution is 5.80. The second kappa shape index (κ2) is 4.04. The van der Waals surface area contributed by atoms with Crippen molar-refractivity contribution in [2.45, 2.75) is 32.2 Å². The van der Waals surface area contributed by atoms with E-state index in [0.29, 0.717) is 12.5 Å². The van der Waals surface area contributed by atoms with Gasteiger partial charge in [0, 0.05) is 12.6 Å². The van der Waals surface area contributed by atoms with Crippen molar-refractivity contribution in [3.8, 4) is 0 Å². The minimum absolute atomic E-state index is 0.201. The van der Waals surface area contributed by atoms with Crippen LogP contribution in [0.5, 0.6) is 0 Å². The van der Waals surface area contributed by atoms with Crippen LogP contribution >= 0.6 is 0 Å². The number of rotatable bonds is 3. The molecule has 1 aliphatic rings. The lowest BCUT2D eigenvalue weighted by molar-refractivity contribution is -0.136. The van der Waals surface area contributed by atoms with Gasteiger partial charge in [0.25, 0.3) is 0 Å². The summed E-state index contributed by atoms with van der Waals surface area (Å²) in [6, 6.07) is 0.360. The third-order valence-corrected chi connectivity index (χ3v) is 1.84. The summed E-state index contributed by atoms with van der Waals surface area (Å²) in [7, 11) is 0. The molecular weight excluding hydrogens is 154 g/mol. The highest BCUT2D eigenvalue weighted by Gasteiger charge is 2.05. The van der Waals surface area contributed by atoms with Crippen molar-refractivity contribution in [1.29, 1.82) is 0 Å². The van der Waals surface area contributed by atoms with E-state index in [9.17, 15) is 4.79 Å². The van der Waals surface area contributed by atoms with Gasteiger partial charge in [-0.1, -0.05) is 6.08 Å². The smallest absolute Gasteiger partial charge is 0.303 e. The van der Waals surface area contributed by atoms with Crippen molar-refractivity contribution in [3.05, 3.63) is 11.6 Å². The number of carbonyl (C=O) groups is 1. The third kappa shape index (κ3) is 2.86. The number of nitrogens with zero attached hydrogens (tertiary/aromatic N) is 1. The maximum Gasteiger partial charge on any atom is 0.303 e. The summed E-state index contributed by atoms with van der Waals surface area (Å²) in [5, 5.41) is 8.42. The molecule has 0 amide bonds. The number of hydrogen-bond donors (Lipinski definition) is 1. The molecule has 1 unspecified atom stereocenters. The number of aliphatic imine (C=N–C) groups is 1. The number of carboxylic acid groups (broad SMARTS) is 1. The predicted molar refractivity (Wildman–Crippen MR) is 47.5 cm³/mol. The summed E-state index contributed by atoms with van der Waals surface area (Å²) in [5.41, 5.74) is 1.05. The molecule has 3 nitrogen and oxygen atoms in total. The molecule has 0 bridgehead atoms. The molecule has 1 N–H and O–H groups in total. The summed E-state index contributed by atoms with van der Waals surface area (Å²) in [5.74, 6) is -0.747. The van der Waals surface area contributed by atoms with Crippen molar-refractivity contribution in [3.63, 3.8) is 0 Å². The van der Waals surface area contributed by atoms with Gasteiger partial charge in [-0.05, 0) is 25.3 Å². The average molecular weight is 167 g/mol. The summed E-state index contributed by atoms with van der Waals surface area (Å²) in [6.45, 7) is 2.04. The zero-order valence-electron chi connectivity index (χ0n) is 7.16. The van der Waals surface area contributed by atoms with Gasteiger partial charge in [0.1, 0.15) is 0 Å². The van der Waals surface area contributed by atoms with Gasteiger partial charge in [0.15, 0.2) is 0 Å². The van der Waals surface area contributed by atoms with Gasteiger partial charge in [-0.15, -0.1) is 0 Å². The Hall–Kier alpha value is -1.12. The number of carboxylic acids is 1. The SMILES string of the molecule is CC1CC=C(CCC(=O)O)C=N1. The number of hydrogen-bond acceptors (Lipinski definition) is 2. The molecule has 3 heteroatoms. The lowest BCUT2D eigenvalue weighted by Gasteiger charge is -2.09. The van der Waals surface area contributed by atoms with E-state index >= 15 is 0 Å². The Morgan fingerprint density at radius 2 is 2.58 bits per heavy atom. The predicted octanol–water partition coefficient (Wildman–Crippen LogP) is 1.64. The van der Waals surface area contributed by atoms with Gasteiger partial charge >= 0.3 is 5.97 Å². The number of allylic oxidation sites excluding steroid dienone is 1. The van der Waals surface area contributed by atoms with Gasteiger partial charge in [-0.2, -0.15) is 0 Å². The van der Waals surface area contributed by atoms with Crippen molar-refractivity contribution < 1.29 is 9.90 Å². The first-order valence-corrected chi connectivity index (χ1v) is 4.12. The first-order chi connectivity index (χ1) is 5.68. The van der Waals surface area contributed by atoms with E-state index in [-0.39, 0.29) is 6.42 Å².